The number of fused-ring (bicyclic) bond motifs is 1. The van der Waals surface area contributed by atoms with Crippen LogP contribution in [0, 0.1) is 0 Å². The molecule has 3 rings (SSSR count). The Bertz CT molecular complexity index is 462. The largest absolute Gasteiger partial charge is 0.486 e. The van der Waals surface area contributed by atoms with Gasteiger partial charge in [-0.25, -0.2) is 0 Å². The third-order valence-corrected chi connectivity index (χ3v) is 6.04. The Kier molecular flexibility index (Phi) is 3.30. The molecule has 3 heteroatoms. The van der Waals surface area contributed by atoms with E-state index in [1.54, 1.807) is 0 Å². The Morgan fingerprint density at radius 1 is 1.32 bits per heavy atom. The number of hydrogen-bond donors (Lipinski definition) is 1. The Hall–Kier alpha value is -0.670. The molecule has 1 heterocycles. The van der Waals surface area contributed by atoms with Gasteiger partial charge in [-0.05, 0) is 39.0 Å². The highest BCUT2D eigenvalue weighted by molar-refractivity contribution is 8.00. The molecule has 1 N–H and O–H groups in total. The summed E-state index contributed by atoms with van der Waals surface area (Å²) in [5.41, 5.74) is 1.15. The van der Waals surface area contributed by atoms with Crippen LogP contribution in [0.2, 0.25) is 0 Å². The lowest BCUT2D eigenvalue weighted by Crippen LogP contribution is -2.48. The number of nitrogens with one attached hydrogen (secondary N) is 1. The molecule has 0 saturated heterocycles. The molecule has 2 aliphatic rings. The molecule has 0 aromatic heterocycles. The van der Waals surface area contributed by atoms with E-state index in [2.05, 4.69) is 43.6 Å². The van der Waals surface area contributed by atoms with E-state index in [1.165, 1.54) is 24.8 Å². The van der Waals surface area contributed by atoms with Crippen LogP contribution in [-0.2, 0) is 0 Å². The SMILES string of the molecule is CSC1(CNC2c3ccccc3OC2(C)C)CCC1. The fourth-order valence-corrected chi connectivity index (χ4v) is 4.12. The van der Waals surface area contributed by atoms with Crippen LogP contribution < -0.4 is 10.1 Å². The van der Waals surface area contributed by atoms with Gasteiger partial charge >= 0.3 is 0 Å². The maximum atomic E-state index is 6.09. The van der Waals surface area contributed by atoms with Gasteiger partial charge in [0.05, 0.1) is 6.04 Å². The quantitative estimate of drug-likeness (QED) is 0.905. The van der Waals surface area contributed by atoms with Gasteiger partial charge in [-0.1, -0.05) is 24.6 Å². The monoisotopic (exact) mass is 277 g/mol. The molecule has 19 heavy (non-hydrogen) atoms. The molecule has 1 aromatic rings. The molecule has 1 unspecified atom stereocenters. The van der Waals surface area contributed by atoms with Crippen LogP contribution in [-0.4, -0.2) is 23.1 Å². The summed E-state index contributed by atoms with van der Waals surface area (Å²) in [5.74, 6) is 1.04. The van der Waals surface area contributed by atoms with Gasteiger partial charge in [0.15, 0.2) is 0 Å². The average molecular weight is 277 g/mol. The summed E-state index contributed by atoms with van der Waals surface area (Å²) in [7, 11) is 0. The highest BCUT2D eigenvalue weighted by Crippen LogP contribution is 2.46. The van der Waals surface area contributed by atoms with Crippen LogP contribution in [0.15, 0.2) is 24.3 Å². The predicted molar refractivity (Wildman–Crippen MR) is 82.0 cm³/mol. The van der Waals surface area contributed by atoms with E-state index >= 15 is 0 Å². The molecule has 1 saturated carbocycles. The normalized spacial score (nSPS) is 26.4. The summed E-state index contributed by atoms with van der Waals surface area (Å²) in [6.45, 7) is 5.44. The predicted octanol–water partition coefficient (Wildman–Crippen LogP) is 3.77. The second-order valence-corrected chi connectivity index (χ2v) is 7.57. The molecule has 0 bridgehead atoms. The molecular formula is C16H23NOS. The fourth-order valence-electron chi connectivity index (χ4n) is 3.20. The van der Waals surface area contributed by atoms with Crippen molar-refractivity contribution in [2.75, 3.05) is 12.8 Å². The average Bonchev–Trinajstić information content (AvgIpc) is 2.59. The first kappa shape index (κ1) is 13.3. The van der Waals surface area contributed by atoms with E-state index < -0.39 is 0 Å². The molecular weight excluding hydrogens is 254 g/mol. The Morgan fingerprint density at radius 2 is 2.05 bits per heavy atom. The summed E-state index contributed by atoms with van der Waals surface area (Å²) in [6, 6.07) is 8.72. The standard InChI is InChI=1S/C16H23NOS/c1-15(2)14(12-7-4-5-8-13(12)18-15)17-11-16(19-3)9-6-10-16/h4-5,7-8,14,17H,6,9-11H2,1-3H3. The summed E-state index contributed by atoms with van der Waals surface area (Å²) < 4.78 is 6.55. The van der Waals surface area contributed by atoms with Crippen molar-refractivity contribution < 1.29 is 4.74 Å². The minimum absolute atomic E-state index is 0.160. The van der Waals surface area contributed by atoms with Crippen molar-refractivity contribution in [2.24, 2.45) is 0 Å². The maximum absolute atomic E-state index is 6.09. The number of hydrogen-bond acceptors (Lipinski definition) is 3. The van der Waals surface area contributed by atoms with Crippen LogP contribution in [0.3, 0.4) is 0 Å². The zero-order valence-corrected chi connectivity index (χ0v) is 12.8. The number of ether oxygens (including phenoxy) is 1. The van der Waals surface area contributed by atoms with Gasteiger partial charge < -0.3 is 10.1 Å². The molecule has 1 aromatic carbocycles. The topological polar surface area (TPSA) is 21.3 Å². The minimum atomic E-state index is -0.160. The van der Waals surface area contributed by atoms with Gasteiger partial charge in [0.25, 0.3) is 0 Å². The lowest BCUT2D eigenvalue weighted by Gasteiger charge is -2.42. The highest BCUT2D eigenvalue weighted by atomic mass is 32.2. The van der Waals surface area contributed by atoms with Gasteiger partial charge in [0, 0.05) is 16.9 Å². The van der Waals surface area contributed by atoms with Crippen LogP contribution >= 0.6 is 11.8 Å². The second-order valence-electron chi connectivity index (χ2n) is 6.30. The molecule has 104 valence electrons. The molecule has 2 nitrogen and oxygen atoms in total. The Balaban J connectivity index is 1.76. The van der Waals surface area contributed by atoms with Crippen LogP contribution in [0.25, 0.3) is 0 Å². The van der Waals surface area contributed by atoms with E-state index in [0.29, 0.717) is 10.8 Å². The van der Waals surface area contributed by atoms with Crippen LogP contribution in [0.4, 0.5) is 0 Å². The number of benzene rings is 1. The van der Waals surface area contributed by atoms with Crippen molar-refractivity contribution in [3.63, 3.8) is 0 Å². The first-order valence-electron chi connectivity index (χ1n) is 7.13. The molecule has 1 fully saturated rings. The zero-order valence-electron chi connectivity index (χ0n) is 12.0. The fraction of sp³-hybridized carbons (Fsp3) is 0.625. The zero-order chi connectivity index (χ0) is 13.5. The van der Waals surface area contributed by atoms with E-state index in [9.17, 15) is 0 Å². The Labute approximate surface area is 120 Å². The second kappa shape index (κ2) is 4.71. The molecule has 0 radical (unpaired) electrons. The van der Waals surface area contributed by atoms with Crippen LogP contribution in [0.1, 0.15) is 44.7 Å². The summed E-state index contributed by atoms with van der Waals surface area (Å²) >= 11 is 2.02. The summed E-state index contributed by atoms with van der Waals surface area (Å²) in [6.07, 6.45) is 6.31. The molecule has 0 spiro atoms. The first-order chi connectivity index (χ1) is 9.06. The lowest BCUT2D eigenvalue weighted by molar-refractivity contribution is 0.0935. The lowest BCUT2D eigenvalue weighted by atomic mass is 9.83. The highest BCUT2D eigenvalue weighted by Gasteiger charge is 2.43. The third kappa shape index (κ3) is 2.27. The number of rotatable bonds is 4. The van der Waals surface area contributed by atoms with Crippen LogP contribution in [0.5, 0.6) is 5.75 Å². The molecule has 1 aliphatic heterocycles. The van der Waals surface area contributed by atoms with Crippen molar-refractivity contribution >= 4 is 11.8 Å². The summed E-state index contributed by atoms with van der Waals surface area (Å²) in [4.78, 5) is 0. The van der Waals surface area contributed by atoms with Crippen molar-refractivity contribution in [1.29, 1.82) is 0 Å². The molecule has 1 aliphatic carbocycles. The van der Waals surface area contributed by atoms with Crippen molar-refractivity contribution in [1.82, 2.24) is 5.32 Å². The third-order valence-electron chi connectivity index (χ3n) is 4.62. The van der Waals surface area contributed by atoms with Crippen molar-refractivity contribution in [2.45, 2.75) is 49.5 Å². The smallest absolute Gasteiger partial charge is 0.125 e. The summed E-state index contributed by atoms with van der Waals surface area (Å²) in [5, 5.41) is 3.78. The maximum Gasteiger partial charge on any atom is 0.125 e. The first-order valence-corrected chi connectivity index (χ1v) is 8.35. The van der Waals surface area contributed by atoms with Gasteiger partial charge in [-0.15, -0.1) is 0 Å². The molecule has 1 atom stereocenters. The minimum Gasteiger partial charge on any atom is -0.486 e. The van der Waals surface area contributed by atoms with E-state index in [4.69, 9.17) is 4.74 Å². The van der Waals surface area contributed by atoms with Crippen molar-refractivity contribution in [3.8, 4) is 5.75 Å². The van der Waals surface area contributed by atoms with Gasteiger partial charge in [0.2, 0.25) is 0 Å². The molecule has 0 amide bonds. The van der Waals surface area contributed by atoms with E-state index in [0.717, 1.165) is 12.3 Å². The Morgan fingerprint density at radius 3 is 2.68 bits per heavy atom. The van der Waals surface area contributed by atoms with Gasteiger partial charge in [0.1, 0.15) is 11.4 Å². The van der Waals surface area contributed by atoms with Gasteiger partial charge in [-0.3, -0.25) is 0 Å². The van der Waals surface area contributed by atoms with E-state index in [1.807, 2.05) is 17.8 Å². The van der Waals surface area contributed by atoms with Gasteiger partial charge in [-0.2, -0.15) is 11.8 Å². The van der Waals surface area contributed by atoms with Crippen molar-refractivity contribution in [3.05, 3.63) is 29.8 Å². The number of para-hydroxylation sites is 1. The van der Waals surface area contributed by atoms with E-state index in [-0.39, 0.29) is 5.60 Å². The number of thioether (sulfide) groups is 1.